The lowest BCUT2D eigenvalue weighted by atomic mass is 10.1. The van der Waals surface area contributed by atoms with E-state index in [9.17, 15) is 14.4 Å². The predicted octanol–water partition coefficient (Wildman–Crippen LogP) is 15.1. The maximum atomic E-state index is 12.7. The van der Waals surface area contributed by atoms with E-state index in [-0.39, 0.29) is 31.1 Å². The molecule has 0 aliphatic rings. The van der Waals surface area contributed by atoms with Crippen molar-refractivity contribution in [1.29, 1.82) is 0 Å². The molecule has 334 valence electrons. The maximum absolute atomic E-state index is 12.7. The summed E-state index contributed by atoms with van der Waals surface area (Å²) in [5, 5.41) is 0. The third-order valence-electron chi connectivity index (χ3n) is 9.08. The largest absolute Gasteiger partial charge is 0.462 e. The normalized spacial score (nSPS) is 13.3. The lowest BCUT2D eigenvalue weighted by Crippen LogP contribution is -2.30. The highest BCUT2D eigenvalue weighted by atomic mass is 16.6. The van der Waals surface area contributed by atoms with Crippen LogP contribution in [-0.2, 0) is 28.6 Å². The van der Waals surface area contributed by atoms with Gasteiger partial charge >= 0.3 is 17.9 Å². The second kappa shape index (κ2) is 47.2. The van der Waals surface area contributed by atoms with E-state index in [2.05, 4.69) is 81.5 Å². The molecular formula is C54H82O6. The van der Waals surface area contributed by atoms with Crippen molar-refractivity contribution in [2.45, 2.75) is 175 Å². The molecule has 0 fully saturated rings. The molecule has 0 N–H and O–H groups in total. The fraction of sp³-hybridized carbons (Fsp3) is 0.537. The summed E-state index contributed by atoms with van der Waals surface area (Å²) >= 11 is 0. The molecule has 6 heteroatoms. The molecule has 0 amide bonds. The molecule has 0 aromatic rings. The highest BCUT2D eigenvalue weighted by Crippen LogP contribution is 2.12. The lowest BCUT2D eigenvalue weighted by molar-refractivity contribution is -0.167. The number of allylic oxidation sites excluding steroid dienone is 22. The van der Waals surface area contributed by atoms with Gasteiger partial charge in [0.25, 0.3) is 0 Å². The summed E-state index contributed by atoms with van der Waals surface area (Å²) in [6.45, 7) is 6.14. The summed E-state index contributed by atoms with van der Waals surface area (Å²) in [4.78, 5) is 37.8. The van der Waals surface area contributed by atoms with Gasteiger partial charge < -0.3 is 14.2 Å². The minimum absolute atomic E-state index is 0.119. The van der Waals surface area contributed by atoms with Gasteiger partial charge in [-0.3, -0.25) is 14.4 Å². The SMILES string of the molecule is CC\C=C/C=C\C=C/C=C\C=C\C=C/C=C\CCCCCC(=O)OCC(COC(=O)CCCC/C=C\C/C=C\CC)OC(=O)CCCCCCCCC/C=C\C/C=C\CC. The molecule has 0 saturated carbocycles. The minimum Gasteiger partial charge on any atom is -0.462 e. The van der Waals surface area contributed by atoms with Crippen molar-refractivity contribution in [1.82, 2.24) is 0 Å². The summed E-state index contributed by atoms with van der Waals surface area (Å²) in [5.41, 5.74) is 0. The van der Waals surface area contributed by atoms with E-state index in [0.29, 0.717) is 19.3 Å². The minimum atomic E-state index is -0.817. The van der Waals surface area contributed by atoms with Gasteiger partial charge in [-0.25, -0.2) is 0 Å². The summed E-state index contributed by atoms with van der Waals surface area (Å²) in [7, 11) is 0. The zero-order chi connectivity index (χ0) is 43.7. The van der Waals surface area contributed by atoms with E-state index in [1.165, 1.54) is 25.7 Å². The van der Waals surface area contributed by atoms with Gasteiger partial charge in [0.1, 0.15) is 13.2 Å². The first-order valence-corrected chi connectivity index (χ1v) is 23.3. The molecular weight excluding hydrogens is 745 g/mol. The Morgan fingerprint density at radius 2 is 0.683 bits per heavy atom. The molecule has 0 spiro atoms. The smallest absolute Gasteiger partial charge is 0.306 e. The number of hydrogen-bond acceptors (Lipinski definition) is 6. The fourth-order valence-corrected chi connectivity index (χ4v) is 5.67. The van der Waals surface area contributed by atoms with Gasteiger partial charge in [-0.15, -0.1) is 0 Å². The predicted molar refractivity (Wildman–Crippen MR) is 256 cm³/mol. The van der Waals surface area contributed by atoms with Crippen molar-refractivity contribution in [3.05, 3.63) is 134 Å². The van der Waals surface area contributed by atoms with Crippen molar-refractivity contribution in [2.24, 2.45) is 0 Å². The Kier molecular flexibility index (Phi) is 43.7. The van der Waals surface area contributed by atoms with Gasteiger partial charge in [0, 0.05) is 19.3 Å². The average molecular weight is 827 g/mol. The standard InChI is InChI=1S/C54H82O6/c1-4-7-10-13-16-19-21-23-25-26-27-28-29-31-32-35-38-41-44-47-53(56)59-50-51(49-58-52(55)46-43-40-37-34-18-15-12-9-6-3)60-54(57)48-45-42-39-36-33-30-24-22-20-17-14-11-8-5-2/h7-13,16-21,23,25-29,31-32,34,51H,4-6,14-15,22,24,30,33,35-50H2,1-3H3/b10-7-,11-8-,12-9-,16-13-,20-17-,21-19-,25-23-,27-26+,29-28-,32-31-,34-18-. The van der Waals surface area contributed by atoms with Crippen LogP contribution in [0, 0.1) is 0 Å². The number of carbonyl (C=O) groups excluding carboxylic acids is 3. The zero-order valence-electron chi connectivity index (χ0n) is 37.9. The molecule has 0 rings (SSSR count). The number of unbranched alkanes of at least 4 members (excludes halogenated alkanes) is 12. The quantitative estimate of drug-likeness (QED) is 0.0202. The monoisotopic (exact) mass is 827 g/mol. The van der Waals surface area contributed by atoms with Crippen LogP contribution < -0.4 is 0 Å². The zero-order valence-corrected chi connectivity index (χ0v) is 37.9. The van der Waals surface area contributed by atoms with E-state index >= 15 is 0 Å². The van der Waals surface area contributed by atoms with Crippen LogP contribution in [0.15, 0.2) is 134 Å². The molecule has 0 bridgehead atoms. The van der Waals surface area contributed by atoms with Crippen LogP contribution in [0.2, 0.25) is 0 Å². The Balaban J connectivity index is 4.52. The summed E-state index contributed by atoms with van der Waals surface area (Å²) in [5.74, 6) is -1.02. The fourth-order valence-electron chi connectivity index (χ4n) is 5.67. The molecule has 0 aliphatic carbocycles. The molecule has 1 atom stereocenters. The van der Waals surface area contributed by atoms with Crippen molar-refractivity contribution in [2.75, 3.05) is 13.2 Å². The van der Waals surface area contributed by atoms with Crippen LogP contribution in [0.25, 0.3) is 0 Å². The Bertz CT molecular complexity index is 1370. The first kappa shape index (κ1) is 55.5. The Morgan fingerprint density at radius 3 is 1.17 bits per heavy atom. The molecule has 0 aliphatic heterocycles. The van der Waals surface area contributed by atoms with Crippen molar-refractivity contribution >= 4 is 17.9 Å². The van der Waals surface area contributed by atoms with E-state index in [1.54, 1.807) is 0 Å². The topological polar surface area (TPSA) is 78.9 Å². The van der Waals surface area contributed by atoms with E-state index in [4.69, 9.17) is 14.2 Å². The molecule has 0 aromatic heterocycles. The Morgan fingerprint density at radius 1 is 0.350 bits per heavy atom. The molecule has 0 radical (unpaired) electrons. The summed E-state index contributed by atoms with van der Waals surface area (Å²) in [6, 6.07) is 0. The van der Waals surface area contributed by atoms with Crippen LogP contribution in [0.3, 0.4) is 0 Å². The van der Waals surface area contributed by atoms with Crippen LogP contribution in [0.4, 0.5) is 0 Å². The van der Waals surface area contributed by atoms with Crippen LogP contribution in [0.5, 0.6) is 0 Å². The summed E-state index contributed by atoms with van der Waals surface area (Å²) < 4.78 is 16.6. The molecule has 60 heavy (non-hydrogen) atoms. The van der Waals surface area contributed by atoms with Gasteiger partial charge in [0.15, 0.2) is 6.10 Å². The number of carbonyl (C=O) groups is 3. The maximum Gasteiger partial charge on any atom is 0.306 e. The van der Waals surface area contributed by atoms with Gasteiger partial charge in [-0.05, 0) is 89.9 Å². The van der Waals surface area contributed by atoms with Crippen molar-refractivity contribution in [3.8, 4) is 0 Å². The first-order chi connectivity index (χ1) is 29.5. The van der Waals surface area contributed by atoms with Gasteiger partial charge in [-0.1, -0.05) is 193 Å². The Hall–Kier alpha value is -4.45. The van der Waals surface area contributed by atoms with Crippen molar-refractivity contribution < 1.29 is 28.6 Å². The lowest BCUT2D eigenvalue weighted by Gasteiger charge is -2.18. The molecule has 0 heterocycles. The van der Waals surface area contributed by atoms with E-state index in [1.807, 2.05) is 72.9 Å². The highest BCUT2D eigenvalue weighted by molar-refractivity contribution is 5.71. The van der Waals surface area contributed by atoms with Crippen LogP contribution >= 0.6 is 0 Å². The molecule has 0 saturated heterocycles. The third-order valence-corrected chi connectivity index (χ3v) is 9.08. The first-order valence-electron chi connectivity index (χ1n) is 23.3. The van der Waals surface area contributed by atoms with Crippen molar-refractivity contribution in [3.63, 3.8) is 0 Å². The highest BCUT2D eigenvalue weighted by Gasteiger charge is 2.19. The average Bonchev–Trinajstić information content (AvgIpc) is 3.24. The second-order valence-corrected chi connectivity index (χ2v) is 14.7. The number of hydrogen-bond donors (Lipinski definition) is 0. The van der Waals surface area contributed by atoms with Gasteiger partial charge in [0.2, 0.25) is 0 Å². The van der Waals surface area contributed by atoms with Gasteiger partial charge in [-0.2, -0.15) is 0 Å². The third kappa shape index (κ3) is 44.6. The molecule has 1 unspecified atom stereocenters. The molecule has 6 nitrogen and oxygen atoms in total. The van der Waals surface area contributed by atoms with Gasteiger partial charge in [0.05, 0.1) is 0 Å². The number of esters is 3. The van der Waals surface area contributed by atoms with E-state index in [0.717, 1.165) is 103 Å². The second-order valence-electron chi connectivity index (χ2n) is 14.7. The number of rotatable bonds is 39. The molecule has 0 aromatic carbocycles. The Labute approximate surface area is 366 Å². The van der Waals surface area contributed by atoms with Crippen LogP contribution in [-0.4, -0.2) is 37.2 Å². The van der Waals surface area contributed by atoms with Crippen LogP contribution in [0.1, 0.15) is 168 Å². The summed E-state index contributed by atoms with van der Waals surface area (Å²) in [6.07, 6.45) is 65.8. The number of ether oxygens (including phenoxy) is 3. The van der Waals surface area contributed by atoms with E-state index < -0.39 is 6.10 Å².